The maximum atomic E-state index is 13.3. The van der Waals surface area contributed by atoms with Crippen LogP contribution in [-0.2, 0) is 16.1 Å². The number of benzene rings is 2. The van der Waals surface area contributed by atoms with E-state index in [1.165, 1.54) is 38.1 Å². The first kappa shape index (κ1) is 28.6. The number of Topliss-reactive ketones (excluding diaryl/α,β-unsaturated/α-hetero) is 1. The molecule has 0 saturated carbocycles. The molecule has 0 fully saturated rings. The normalized spacial score (nSPS) is 12.1. The van der Waals surface area contributed by atoms with E-state index in [0.29, 0.717) is 5.56 Å². The number of rotatable bonds is 8. The Morgan fingerprint density at radius 3 is 2.18 bits per heavy atom. The lowest BCUT2D eigenvalue weighted by molar-refractivity contribution is -0.174. The summed E-state index contributed by atoms with van der Waals surface area (Å²) in [5.74, 6) is -3.74. The Morgan fingerprint density at radius 1 is 0.974 bits per heavy atom. The zero-order chi connectivity index (χ0) is 28.0. The van der Waals surface area contributed by atoms with Gasteiger partial charge < -0.3 is 10.1 Å². The van der Waals surface area contributed by atoms with Gasteiger partial charge in [-0.25, -0.2) is 4.79 Å². The average molecular weight is 594 g/mol. The van der Waals surface area contributed by atoms with E-state index in [9.17, 15) is 32.3 Å². The topological polar surface area (TPSA) is 106 Å². The minimum Gasteiger partial charge on any atom is -0.410 e. The summed E-state index contributed by atoms with van der Waals surface area (Å²) in [5, 5.41) is 4.41. The number of hydrogen-bond acceptors (Lipinski definition) is 5. The molecule has 2 aromatic carbocycles. The number of hydrogen-bond donors (Lipinski definition) is 2. The minimum absolute atomic E-state index is 0.209. The van der Waals surface area contributed by atoms with E-state index in [1.807, 2.05) is 0 Å². The zero-order valence-corrected chi connectivity index (χ0v) is 21.8. The molecule has 0 bridgehead atoms. The summed E-state index contributed by atoms with van der Waals surface area (Å²) in [5.41, 5.74) is -0.238. The fourth-order valence-corrected chi connectivity index (χ4v) is 3.77. The molecule has 1 heterocycles. The van der Waals surface area contributed by atoms with Gasteiger partial charge in [-0.2, -0.15) is 13.2 Å². The maximum absolute atomic E-state index is 13.3. The molecule has 0 aliphatic heterocycles. The molecule has 1 unspecified atom stereocenters. The van der Waals surface area contributed by atoms with Gasteiger partial charge in [0, 0.05) is 4.47 Å². The van der Waals surface area contributed by atoms with Gasteiger partial charge in [0.25, 0.3) is 11.3 Å². The van der Waals surface area contributed by atoms with E-state index in [1.54, 1.807) is 42.5 Å². The first-order chi connectivity index (χ1) is 17.9. The van der Waals surface area contributed by atoms with Crippen LogP contribution >= 0.6 is 15.9 Å². The Labute approximate surface area is 223 Å². The van der Waals surface area contributed by atoms with Gasteiger partial charge in [0.05, 0.1) is 11.7 Å². The molecule has 12 heteroatoms. The highest BCUT2D eigenvalue weighted by atomic mass is 79.9. The van der Waals surface area contributed by atoms with Crippen LogP contribution in [0.2, 0.25) is 0 Å². The highest BCUT2D eigenvalue weighted by molar-refractivity contribution is 9.10. The molecule has 0 spiro atoms. The van der Waals surface area contributed by atoms with Crippen molar-refractivity contribution in [1.82, 2.24) is 9.88 Å². The molecule has 8 nitrogen and oxygen atoms in total. The summed E-state index contributed by atoms with van der Waals surface area (Å²) < 4.78 is 46.0. The molecule has 38 heavy (non-hydrogen) atoms. The number of halogens is 4. The molecule has 0 aliphatic rings. The van der Waals surface area contributed by atoms with E-state index < -0.39 is 48.0 Å². The lowest BCUT2D eigenvalue weighted by atomic mass is 9.99. The van der Waals surface area contributed by atoms with Crippen LogP contribution in [0.3, 0.4) is 0 Å². The highest BCUT2D eigenvalue weighted by Gasteiger charge is 2.45. The van der Waals surface area contributed by atoms with Crippen LogP contribution in [0, 0.1) is 5.92 Å². The van der Waals surface area contributed by atoms with Crippen molar-refractivity contribution in [2.75, 3.05) is 5.32 Å². The number of ether oxygens (including phenoxy) is 1. The first-order valence-corrected chi connectivity index (χ1v) is 12.1. The second kappa shape index (κ2) is 12.1. The Bertz CT molecular complexity index is 1370. The molecule has 0 radical (unpaired) electrons. The SMILES string of the molecule is CC(C)C(NC(=O)Cn1c(-c2ccccc2)ccc(NC(=O)Oc2ccc(Br)cc2)c1=O)C(=O)C(F)(F)F. The van der Waals surface area contributed by atoms with E-state index >= 15 is 0 Å². The summed E-state index contributed by atoms with van der Waals surface area (Å²) >= 11 is 3.26. The molecule has 1 aromatic heterocycles. The first-order valence-electron chi connectivity index (χ1n) is 11.3. The predicted molar refractivity (Wildman–Crippen MR) is 138 cm³/mol. The summed E-state index contributed by atoms with van der Waals surface area (Å²) in [6.45, 7) is 2.00. The minimum atomic E-state index is -5.15. The smallest absolute Gasteiger partial charge is 0.410 e. The number of aromatic nitrogens is 1. The number of carbonyl (C=O) groups excluding carboxylic acids is 3. The number of pyridine rings is 1. The lowest BCUT2D eigenvalue weighted by Crippen LogP contribution is -2.50. The number of alkyl halides is 3. The van der Waals surface area contributed by atoms with Gasteiger partial charge in [0.15, 0.2) is 0 Å². The van der Waals surface area contributed by atoms with Crippen LogP contribution in [0.15, 0.2) is 76.0 Å². The quantitative estimate of drug-likeness (QED) is 0.375. The van der Waals surface area contributed by atoms with Gasteiger partial charge in [-0.05, 0) is 47.9 Å². The third-order valence-corrected chi connectivity index (χ3v) is 5.88. The molecule has 2 amide bonds. The number of anilines is 1. The fourth-order valence-electron chi connectivity index (χ4n) is 3.51. The Hall–Kier alpha value is -3.93. The van der Waals surface area contributed by atoms with E-state index in [4.69, 9.17) is 4.74 Å². The molecule has 0 aliphatic carbocycles. The lowest BCUT2D eigenvalue weighted by Gasteiger charge is -2.23. The van der Waals surface area contributed by atoms with Crippen LogP contribution in [0.4, 0.5) is 23.7 Å². The maximum Gasteiger partial charge on any atom is 0.452 e. The summed E-state index contributed by atoms with van der Waals surface area (Å²) in [4.78, 5) is 50.3. The van der Waals surface area contributed by atoms with Gasteiger partial charge in [-0.1, -0.05) is 60.1 Å². The number of ketones is 1. The summed E-state index contributed by atoms with van der Waals surface area (Å²) in [6, 6.07) is 15.8. The highest BCUT2D eigenvalue weighted by Crippen LogP contribution is 2.22. The third-order valence-electron chi connectivity index (χ3n) is 5.35. The van der Waals surface area contributed by atoms with Crippen molar-refractivity contribution in [2.24, 2.45) is 5.92 Å². The Balaban J connectivity index is 1.91. The zero-order valence-electron chi connectivity index (χ0n) is 20.2. The molecule has 0 saturated heterocycles. The molecule has 200 valence electrons. The largest absolute Gasteiger partial charge is 0.452 e. The Kier molecular flexibility index (Phi) is 9.10. The fraction of sp³-hybridized carbons (Fsp3) is 0.231. The van der Waals surface area contributed by atoms with Crippen molar-refractivity contribution in [3.63, 3.8) is 0 Å². The van der Waals surface area contributed by atoms with E-state index in [0.717, 1.165) is 9.04 Å². The van der Waals surface area contributed by atoms with Gasteiger partial charge >= 0.3 is 12.3 Å². The molecule has 3 aromatic rings. The standard InChI is InChI=1S/C26H23BrF3N3O5/c1-15(2)22(23(35)26(28,29)30)32-21(34)14-33-20(16-6-4-3-5-7-16)13-12-19(24(33)36)31-25(37)38-18-10-8-17(27)9-11-18/h3-13,15,22H,14H2,1-2H3,(H,31,37)(H,32,34). The van der Waals surface area contributed by atoms with Gasteiger partial charge in [0.1, 0.15) is 18.0 Å². The second-order valence-electron chi connectivity index (χ2n) is 8.51. The molecule has 1 atom stereocenters. The van der Waals surface area contributed by atoms with Crippen molar-refractivity contribution in [3.8, 4) is 17.0 Å². The van der Waals surface area contributed by atoms with Crippen LogP contribution in [0.5, 0.6) is 5.75 Å². The number of amides is 2. The summed E-state index contributed by atoms with van der Waals surface area (Å²) in [7, 11) is 0. The molecule has 2 N–H and O–H groups in total. The number of nitrogens with one attached hydrogen (secondary N) is 2. The second-order valence-corrected chi connectivity index (χ2v) is 9.42. The van der Waals surface area contributed by atoms with Crippen molar-refractivity contribution >= 4 is 39.4 Å². The van der Waals surface area contributed by atoms with Gasteiger partial charge in [-0.3, -0.25) is 24.3 Å². The van der Waals surface area contributed by atoms with Crippen molar-refractivity contribution in [2.45, 2.75) is 32.6 Å². The van der Waals surface area contributed by atoms with Crippen molar-refractivity contribution in [3.05, 3.63) is 81.6 Å². The van der Waals surface area contributed by atoms with Crippen LogP contribution in [0.1, 0.15) is 13.8 Å². The van der Waals surface area contributed by atoms with Gasteiger partial charge in [0.2, 0.25) is 5.91 Å². The predicted octanol–water partition coefficient (Wildman–Crippen LogP) is 5.16. The molecular formula is C26H23BrF3N3O5. The monoisotopic (exact) mass is 593 g/mol. The number of nitrogens with zero attached hydrogens (tertiary/aromatic N) is 1. The van der Waals surface area contributed by atoms with E-state index in [-0.39, 0.29) is 17.1 Å². The third kappa shape index (κ3) is 7.31. The van der Waals surface area contributed by atoms with Crippen LogP contribution in [0.25, 0.3) is 11.3 Å². The molecule has 3 rings (SSSR count). The van der Waals surface area contributed by atoms with Crippen LogP contribution in [-0.4, -0.2) is 34.6 Å². The summed E-state index contributed by atoms with van der Waals surface area (Å²) in [6.07, 6.45) is -6.11. The van der Waals surface area contributed by atoms with Crippen LogP contribution < -0.4 is 20.9 Å². The Morgan fingerprint density at radius 2 is 1.61 bits per heavy atom. The van der Waals surface area contributed by atoms with Gasteiger partial charge in [-0.15, -0.1) is 0 Å². The van der Waals surface area contributed by atoms with Crippen molar-refractivity contribution in [1.29, 1.82) is 0 Å². The number of carbonyl (C=O) groups is 3. The van der Waals surface area contributed by atoms with Crippen molar-refractivity contribution < 1.29 is 32.3 Å². The average Bonchev–Trinajstić information content (AvgIpc) is 2.86. The molecular weight excluding hydrogens is 571 g/mol. The van der Waals surface area contributed by atoms with E-state index in [2.05, 4.69) is 26.6 Å².